The topological polar surface area (TPSA) is 56.7 Å². The largest absolute Gasteiger partial charge is 0.389 e. The highest BCUT2D eigenvalue weighted by atomic mass is 79.9. The third kappa shape index (κ3) is 4.26. The van der Waals surface area contributed by atoms with Gasteiger partial charge in [-0.2, -0.15) is 0 Å². The summed E-state index contributed by atoms with van der Waals surface area (Å²) in [5.74, 6) is -0.0274. The van der Waals surface area contributed by atoms with E-state index in [0.717, 1.165) is 17.6 Å². The molecular weight excluding hydrogens is 322 g/mol. The molecule has 2 rings (SSSR count). The second kappa shape index (κ2) is 6.20. The summed E-state index contributed by atoms with van der Waals surface area (Å²) in [7, 11) is 0. The zero-order valence-corrected chi connectivity index (χ0v) is 13.4. The first-order chi connectivity index (χ1) is 9.35. The Morgan fingerprint density at radius 3 is 2.50 bits per heavy atom. The van der Waals surface area contributed by atoms with Crippen LogP contribution in [0.3, 0.4) is 0 Å². The number of β-amino-alcohol motifs (C(OH)–C–C–N with tert-alkyl or cyclic N) is 1. The molecule has 1 amide bonds. The van der Waals surface area contributed by atoms with Crippen molar-refractivity contribution in [2.75, 3.05) is 32.7 Å². The Balaban J connectivity index is 1.90. The summed E-state index contributed by atoms with van der Waals surface area (Å²) in [4.78, 5) is 20.4. The van der Waals surface area contributed by atoms with E-state index in [2.05, 4.69) is 25.8 Å². The molecule has 1 aromatic heterocycles. The van der Waals surface area contributed by atoms with Gasteiger partial charge in [-0.3, -0.25) is 9.69 Å². The smallest absolute Gasteiger partial charge is 0.272 e. The number of carbonyl (C=O) groups excluding carboxylic acids is 1. The first kappa shape index (κ1) is 15.4. The molecule has 0 aliphatic carbocycles. The van der Waals surface area contributed by atoms with Crippen molar-refractivity contribution in [3.05, 3.63) is 28.5 Å². The van der Waals surface area contributed by atoms with Crippen LogP contribution in [0.15, 0.2) is 22.8 Å². The van der Waals surface area contributed by atoms with E-state index in [0.29, 0.717) is 25.3 Å². The predicted octanol–water partition coefficient (Wildman–Crippen LogP) is 1.37. The number of amides is 1. The van der Waals surface area contributed by atoms with Crippen LogP contribution in [0.25, 0.3) is 0 Å². The maximum absolute atomic E-state index is 12.3. The fourth-order valence-electron chi connectivity index (χ4n) is 2.32. The maximum atomic E-state index is 12.3. The van der Waals surface area contributed by atoms with Crippen molar-refractivity contribution in [3.8, 4) is 0 Å². The molecule has 6 heteroatoms. The first-order valence-electron chi connectivity index (χ1n) is 6.71. The van der Waals surface area contributed by atoms with Gasteiger partial charge in [0, 0.05) is 43.4 Å². The van der Waals surface area contributed by atoms with Crippen molar-refractivity contribution in [1.82, 2.24) is 14.8 Å². The summed E-state index contributed by atoms with van der Waals surface area (Å²) >= 11 is 3.31. The minimum absolute atomic E-state index is 0.0274. The number of hydrogen-bond donors (Lipinski definition) is 1. The number of aromatic nitrogens is 1. The standard InChI is InChI=1S/C14H20BrN3O2/c1-14(2,20)10-17-5-7-18(8-6-17)13(19)12-4-3-11(15)9-16-12/h3-4,9,20H,5-8,10H2,1-2H3. The van der Waals surface area contributed by atoms with Crippen LogP contribution in [0.2, 0.25) is 0 Å². The number of carbonyl (C=O) groups is 1. The summed E-state index contributed by atoms with van der Waals surface area (Å²) in [5.41, 5.74) is -0.219. The van der Waals surface area contributed by atoms with Crippen LogP contribution in [0.5, 0.6) is 0 Å². The van der Waals surface area contributed by atoms with Crippen LogP contribution in [-0.4, -0.2) is 64.1 Å². The molecule has 0 spiro atoms. The molecule has 1 aliphatic rings. The molecule has 0 atom stereocenters. The second-order valence-corrected chi connectivity index (χ2v) is 6.66. The third-order valence-electron chi connectivity index (χ3n) is 3.22. The predicted molar refractivity (Wildman–Crippen MR) is 80.6 cm³/mol. The molecule has 1 saturated heterocycles. The molecule has 110 valence electrons. The fraction of sp³-hybridized carbons (Fsp3) is 0.571. The van der Waals surface area contributed by atoms with E-state index in [4.69, 9.17) is 0 Å². The van der Waals surface area contributed by atoms with E-state index in [9.17, 15) is 9.90 Å². The average Bonchev–Trinajstić information content (AvgIpc) is 2.38. The Bertz CT molecular complexity index is 462. The van der Waals surface area contributed by atoms with Gasteiger partial charge in [-0.1, -0.05) is 0 Å². The molecule has 5 nitrogen and oxygen atoms in total. The minimum atomic E-state index is -0.695. The lowest BCUT2D eigenvalue weighted by Gasteiger charge is -2.37. The SMILES string of the molecule is CC(C)(O)CN1CCN(C(=O)c2ccc(Br)cn2)CC1. The number of aliphatic hydroxyl groups is 1. The average molecular weight is 342 g/mol. The number of pyridine rings is 1. The molecule has 1 N–H and O–H groups in total. The minimum Gasteiger partial charge on any atom is -0.389 e. The van der Waals surface area contributed by atoms with E-state index in [1.807, 2.05) is 11.0 Å². The summed E-state index contributed by atoms with van der Waals surface area (Å²) in [6.07, 6.45) is 1.64. The molecule has 0 saturated carbocycles. The molecule has 0 unspecified atom stereocenters. The molecule has 0 bridgehead atoms. The monoisotopic (exact) mass is 341 g/mol. The van der Waals surface area contributed by atoms with Crippen molar-refractivity contribution in [2.24, 2.45) is 0 Å². The normalized spacial score (nSPS) is 17.3. The number of rotatable bonds is 3. The fourth-order valence-corrected chi connectivity index (χ4v) is 2.56. The molecular formula is C14H20BrN3O2. The molecule has 2 heterocycles. The summed E-state index contributed by atoms with van der Waals surface area (Å²) in [5, 5.41) is 9.81. The lowest BCUT2D eigenvalue weighted by atomic mass is 10.1. The van der Waals surface area contributed by atoms with Gasteiger partial charge in [0.15, 0.2) is 0 Å². The van der Waals surface area contributed by atoms with Crippen molar-refractivity contribution < 1.29 is 9.90 Å². The van der Waals surface area contributed by atoms with E-state index >= 15 is 0 Å². The Hall–Kier alpha value is -0.980. The van der Waals surface area contributed by atoms with E-state index in [1.165, 1.54) is 0 Å². The van der Waals surface area contributed by atoms with Crippen LogP contribution < -0.4 is 0 Å². The van der Waals surface area contributed by atoms with Crippen LogP contribution in [0.4, 0.5) is 0 Å². The highest BCUT2D eigenvalue weighted by Crippen LogP contribution is 2.12. The summed E-state index contributed by atoms with van der Waals surface area (Å²) in [6.45, 7) is 7.15. The van der Waals surface area contributed by atoms with Gasteiger partial charge in [-0.15, -0.1) is 0 Å². The lowest BCUT2D eigenvalue weighted by Crippen LogP contribution is -2.52. The Morgan fingerprint density at radius 1 is 1.35 bits per heavy atom. The zero-order chi connectivity index (χ0) is 14.8. The van der Waals surface area contributed by atoms with Gasteiger partial charge in [0.1, 0.15) is 5.69 Å². The number of hydrogen-bond acceptors (Lipinski definition) is 4. The maximum Gasteiger partial charge on any atom is 0.272 e. The van der Waals surface area contributed by atoms with Gasteiger partial charge in [0.25, 0.3) is 5.91 Å². The molecule has 1 fully saturated rings. The third-order valence-corrected chi connectivity index (χ3v) is 3.69. The quantitative estimate of drug-likeness (QED) is 0.902. The van der Waals surface area contributed by atoms with Crippen molar-refractivity contribution in [3.63, 3.8) is 0 Å². The summed E-state index contributed by atoms with van der Waals surface area (Å²) in [6, 6.07) is 3.56. The van der Waals surface area contributed by atoms with Crippen molar-refractivity contribution >= 4 is 21.8 Å². The molecule has 0 aromatic carbocycles. The molecule has 20 heavy (non-hydrogen) atoms. The number of nitrogens with zero attached hydrogens (tertiary/aromatic N) is 3. The Kier molecular flexibility index (Phi) is 4.78. The second-order valence-electron chi connectivity index (χ2n) is 5.74. The van der Waals surface area contributed by atoms with Gasteiger partial charge >= 0.3 is 0 Å². The van der Waals surface area contributed by atoms with Crippen LogP contribution in [0, 0.1) is 0 Å². The van der Waals surface area contributed by atoms with E-state index in [-0.39, 0.29) is 5.91 Å². The van der Waals surface area contributed by atoms with Crippen LogP contribution >= 0.6 is 15.9 Å². The van der Waals surface area contributed by atoms with Crippen LogP contribution in [0.1, 0.15) is 24.3 Å². The van der Waals surface area contributed by atoms with Gasteiger partial charge in [-0.25, -0.2) is 4.98 Å². The van der Waals surface area contributed by atoms with Crippen LogP contribution in [-0.2, 0) is 0 Å². The van der Waals surface area contributed by atoms with E-state index < -0.39 is 5.60 Å². The van der Waals surface area contributed by atoms with E-state index in [1.54, 1.807) is 26.1 Å². The molecule has 1 aliphatic heterocycles. The lowest BCUT2D eigenvalue weighted by molar-refractivity contribution is 0.0177. The first-order valence-corrected chi connectivity index (χ1v) is 7.50. The highest BCUT2D eigenvalue weighted by Gasteiger charge is 2.25. The Labute approximate surface area is 127 Å². The highest BCUT2D eigenvalue weighted by molar-refractivity contribution is 9.10. The van der Waals surface area contributed by atoms with Gasteiger partial charge in [0.05, 0.1) is 5.60 Å². The molecule has 1 aromatic rings. The molecule has 0 radical (unpaired) electrons. The Morgan fingerprint density at radius 2 is 2.00 bits per heavy atom. The summed E-state index contributed by atoms with van der Waals surface area (Å²) < 4.78 is 0.865. The van der Waals surface area contributed by atoms with Gasteiger partial charge in [0.2, 0.25) is 0 Å². The van der Waals surface area contributed by atoms with Crippen molar-refractivity contribution in [1.29, 1.82) is 0 Å². The van der Waals surface area contributed by atoms with Gasteiger partial charge in [-0.05, 0) is 41.9 Å². The number of halogens is 1. The van der Waals surface area contributed by atoms with Gasteiger partial charge < -0.3 is 10.0 Å². The van der Waals surface area contributed by atoms with Crippen molar-refractivity contribution in [2.45, 2.75) is 19.4 Å². The number of piperazine rings is 1. The zero-order valence-electron chi connectivity index (χ0n) is 11.8.